The molecule has 1 saturated heterocycles. The number of imide groups is 1. The first-order chi connectivity index (χ1) is 15.3. The highest BCUT2D eigenvalue weighted by Gasteiger charge is 2.46. The first-order valence-electron chi connectivity index (χ1n) is 10.6. The Labute approximate surface area is 191 Å². The van der Waals surface area contributed by atoms with Crippen molar-refractivity contribution in [1.82, 2.24) is 4.90 Å². The minimum atomic E-state index is -0.815. The van der Waals surface area contributed by atoms with Crippen LogP contribution in [-0.2, 0) is 25.6 Å². The van der Waals surface area contributed by atoms with E-state index in [1.807, 2.05) is 18.2 Å². The van der Waals surface area contributed by atoms with Gasteiger partial charge in [0.1, 0.15) is 6.04 Å². The zero-order chi connectivity index (χ0) is 22.8. The van der Waals surface area contributed by atoms with E-state index in [9.17, 15) is 19.2 Å². The Morgan fingerprint density at radius 1 is 1.12 bits per heavy atom. The van der Waals surface area contributed by atoms with Crippen molar-refractivity contribution < 1.29 is 19.2 Å². The maximum atomic E-state index is 13.3. The van der Waals surface area contributed by atoms with E-state index in [0.29, 0.717) is 29.4 Å². The van der Waals surface area contributed by atoms with Crippen LogP contribution in [-0.4, -0.2) is 41.1 Å². The normalized spacial score (nSPS) is 18.1. The van der Waals surface area contributed by atoms with Gasteiger partial charge in [-0.15, -0.1) is 0 Å². The number of nitrogens with one attached hydrogen (secondary N) is 1. The average molecular weight is 454 g/mol. The lowest BCUT2D eigenvalue weighted by Gasteiger charge is -2.28. The summed E-state index contributed by atoms with van der Waals surface area (Å²) in [6, 6.07) is 13.1. The molecule has 2 aliphatic rings. The van der Waals surface area contributed by atoms with Gasteiger partial charge in [0.25, 0.3) is 5.91 Å². The van der Waals surface area contributed by atoms with E-state index in [-0.39, 0.29) is 30.1 Å². The Kier molecular flexibility index (Phi) is 6.28. The highest BCUT2D eigenvalue weighted by molar-refractivity contribution is 6.30. The second kappa shape index (κ2) is 9.12. The van der Waals surface area contributed by atoms with Crippen molar-refractivity contribution in [3.05, 3.63) is 59.1 Å². The molecule has 1 unspecified atom stereocenters. The minimum Gasteiger partial charge on any atom is -0.330 e. The molecule has 1 N–H and O–H groups in total. The summed E-state index contributed by atoms with van der Waals surface area (Å²) in [6.07, 6.45) is 2.13. The van der Waals surface area contributed by atoms with E-state index in [1.165, 1.54) is 6.92 Å². The number of carbonyl (C=O) groups is 4. The van der Waals surface area contributed by atoms with Gasteiger partial charge in [0.2, 0.25) is 17.7 Å². The summed E-state index contributed by atoms with van der Waals surface area (Å²) in [5.74, 6) is -1.09. The second-order valence-corrected chi connectivity index (χ2v) is 8.64. The number of halogens is 1. The molecule has 1 aliphatic carbocycles. The molecule has 2 fully saturated rings. The fraction of sp³-hybridized carbons (Fsp3) is 0.333. The third-order valence-corrected chi connectivity index (χ3v) is 5.92. The summed E-state index contributed by atoms with van der Waals surface area (Å²) < 4.78 is 0. The number of hydrogen-bond acceptors (Lipinski definition) is 4. The van der Waals surface area contributed by atoms with E-state index < -0.39 is 11.9 Å². The van der Waals surface area contributed by atoms with Gasteiger partial charge in [0.05, 0.1) is 12.1 Å². The summed E-state index contributed by atoms with van der Waals surface area (Å²) in [7, 11) is 0. The molecule has 32 heavy (non-hydrogen) atoms. The maximum absolute atomic E-state index is 13.3. The molecule has 0 radical (unpaired) electrons. The lowest BCUT2D eigenvalue weighted by Crippen LogP contribution is -2.47. The van der Waals surface area contributed by atoms with Crippen LogP contribution in [0, 0.1) is 5.92 Å². The lowest BCUT2D eigenvalue weighted by atomic mass is 10.1. The molecule has 4 amide bonds. The number of nitrogens with zero attached hydrogens (tertiary/aromatic N) is 2. The Morgan fingerprint density at radius 3 is 2.47 bits per heavy atom. The van der Waals surface area contributed by atoms with Gasteiger partial charge >= 0.3 is 0 Å². The maximum Gasteiger partial charge on any atom is 0.257 e. The van der Waals surface area contributed by atoms with Crippen molar-refractivity contribution in [2.75, 3.05) is 16.8 Å². The van der Waals surface area contributed by atoms with Crippen LogP contribution in [0.4, 0.5) is 11.4 Å². The van der Waals surface area contributed by atoms with E-state index in [0.717, 1.165) is 23.3 Å². The molecule has 0 spiro atoms. The molecule has 2 aromatic carbocycles. The van der Waals surface area contributed by atoms with Gasteiger partial charge in [-0.1, -0.05) is 23.7 Å². The van der Waals surface area contributed by atoms with Crippen LogP contribution < -0.4 is 10.2 Å². The average Bonchev–Trinajstić information content (AvgIpc) is 3.55. The fourth-order valence-electron chi connectivity index (χ4n) is 3.95. The molecular weight excluding hydrogens is 430 g/mol. The van der Waals surface area contributed by atoms with E-state index in [1.54, 1.807) is 35.2 Å². The SMILES string of the molecule is CC(=O)Nc1ccc(N2C(=O)CC(N(CCc3cccc(Cl)c3)C(=O)C3CC3)C2=O)cc1. The first-order valence-corrected chi connectivity index (χ1v) is 11.0. The van der Waals surface area contributed by atoms with E-state index >= 15 is 0 Å². The molecule has 1 aliphatic heterocycles. The zero-order valence-corrected chi connectivity index (χ0v) is 18.5. The summed E-state index contributed by atoms with van der Waals surface area (Å²) in [6.45, 7) is 1.75. The third-order valence-electron chi connectivity index (χ3n) is 5.68. The quantitative estimate of drug-likeness (QED) is 0.651. The molecule has 7 nitrogen and oxygen atoms in total. The van der Waals surface area contributed by atoms with Gasteiger partial charge in [0.15, 0.2) is 0 Å². The predicted molar refractivity (Wildman–Crippen MR) is 121 cm³/mol. The number of amides is 4. The number of carbonyl (C=O) groups excluding carboxylic acids is 4. The zero-order valence-electron chi connectivity index (χ0n) is 17.7. The molecule has 1 atom stereocenters. The fourth-order valence-corrected chi connectivity index (χ4v) is 4.17. The van der Waals surface area contributed by atoms with E-state index in [4.69, 9.17) is 11.6 Å². The first kappa shape index (κ1) is 22.0. The van der Waals surface area contributed by atoms with Crippen LogP contribution in [0.1, 0.15) is 31.7 Å². The van der Waals surface area contributed by atoms with Crippen molar-refractivity contribution in [3.63, 3.8) is 0 Å². The van der Waals surface area contributed by atoms with Gasteiger partial charge in [-0.25, -0.2) is 4.90 Å². The van der Waals surface area contributed by atoms with Crippen LogP contribution in [0.3, 0.4) is 0 Å². The van der Waals surface area contributed by atoms with E-state index in [2.05, 4.69) is 5.32 Å². The van der Waals surface area contributed by atoms with Gasteiger partial charge < -0.3 is 10.2 Å². The van der Waals surface area contributed by atoms with Crippen LogP contribution in [0.5, 0.6) is 0 Å². The molecule has 0 bridgehead atoms. The second-order valence-electron chi connectivity index (χ2n) is 8.20. The topological polar surface area (TPSA) is 86.8 Å². The van der Waals surface area contributed by atoms with Crippen molar-refractivity contribution in [3.8, 4) is 0 Å². The molecule has 8 heteroatoms. The van der Waals surface area contributed by atoms with Crippen molar-refractivity contribution in [2.45, 2.75) is 38.6 Å². The highest BCUT2D eigenvalue weighted by atomic mass is 35.5. The van der Waals surface area contributed by atoms with Gasteiger partial charge in [-0.3, -0.25) is 19.2 Å². The summed E-state index contributed by atoms with van der Waals surface area (Å²) in [4.78, 5) is 52.9. The van der Waals surface area contributed by atoms with Gasteiger partial charge in [-0.2, -0.15) is 0 Å². The number of benzene rings is 2. The Morgan fingerprint density at radius 2 is 1.84 bits per heavy atom. The number of hydrogen-bond donors (Lipinski definition) is 1. The highest BCUT2D eigenvalue weighted by Crippen LogP contribution is 2.34. The largest absolute Gasteiger partial charge is 0.330 e. The summed E-state index contributed by atoms with van der Waals surface area (Å²) in [5.41, 5.74) is 1.96. The lowest BCUT2D eigenvalue weighted by molar-refractivity contribution is -0.139. The molecule has 166 valence electrons. The van der Waals surface area contributed by atoms with Crippen LogP contribution in [0.2, 0.25) is 5.02 Å². The number of anilines is 2. The molecule has 1 saturated carbocycles. The Bertz CT molecular complexity index is 1070. The van der Waals surface area contributed by atoms with Crippen molar-refractivity contribution in [2.24, 2.45) is 5.92 Å². The Balaban J connectivity index is 1.52. The van der Waals surface area contributed by atoms with Gasteiger partial charge in [-0.05, 0) is 61.2 Å². The number of rotatable bonds is 7. The van der Waals surface area contributed by atoms with Crippen LogP contribution in [0.25, 0.3) is 0 Å². The standard InChI is InChI=1S/C24H24ClN3O4/c1-15(29)26-19-7-9-20(10-8-19)28-22(30)14-21(24(28)32)27(23(31)17-5-6-17)12-11-16-3-2-4-18(25)13-16/h2-4,7-10,13,17,21H,5-6,11-12,14H2,1H3,(H,26,29). The summed E-state index contributed by atoms with van der Waals surface area (Å²) >= 11 is 6.07. The Hall–Kier alpha value is -3.19. The molecule has 4 rings (SSSR count). The van der Waals surface area contributed by atoms with Gasteiger partial charge in [0, 0.05) is 30.1 Å². The monoisotopic (exact) mass is 453 g/mol. The molecular formula is C24H24ClN3O4. The van der Waals surface area contributed by atoms with Crippen LogP contribution in [0.15, 0.2) is 48.5 Å². The summed E-state index contributed by atoms with van der Waals surface area (Å²) in [5, 5.41) is 3.27. The van der Waals surface area contributed by atoms with Crippen LogP contribution >= 0.6 is 11.6 Å². The third kappa shape index (κ3) is 4.83. The molecule has 2 aromatic rings. The minimum absolute atomic E-state index is 0.0414. The molecule has 1 heterocycles. The molecule has 0 aromatic heterocycles. The van der Waals surface area contributed by atoms with Crippen molar-refractivity contribution in [1.29, 1.82) is 0 Å². The van der Waals surface area contributed by atoms with Crippen molar-refractivity contribution >= 4 is 46.6 Å². The smallest absolute Gasteiger partial charge is 0.257 e. The predicted octanol–water partition coefficient (Wildman–Crippen LogP) is 3.41.